The number of aromatic nitrogens is 3. The number of β-amino-alcohol motifs (C(OH)–C–C–N with tert-alkyl or cyclic N) is 1. The summed E-state index contributed by atoms with van der Waals surface area (Å²) in [5.74, 6) is 0.807. The number of rotatable bonds is 30. The minimum atomic E-state index is -0.938. The van der Waals surface area contributed by atoms with Crippen molar-refractivity contribution < 1.29 is 52.7 Å². The molecule has 7 unspecified atom stereocenters. The number of hydrogen-bond donors (Lipinski definition) is 4. The molecule has 0 bridgehead atoms. The first-order valence-electron chi connectivity index (χ1n) is 27.8. The van der Waals surface area contributed by atoms with Gasteiger partial charge in [0.25, 0.3) is 0 Å². The molecule has 19 heteroatoms. The largest absolute Gasteiger partial charge is 0.391 e. The number of carbonyl (C=O) groups is 4. The summed E-state index contributed by atoms with van der Waals surface area (Å²) in [5, 5.41) is 29.3. The van der Waals surface area contributed by atoms with E-state index in [4.69, 9.17) is 28.4 Å². The first kappa shape index (κ1) is 60.1. The zero-order chi connectivity index (χ0) is 55.8. The Kier molecular flexibility index (Phi) is 22.4. The Balaban J connectivity index is 0.679. The molecule has 1 aromatic heterocycles. The van der Waals surface area contributed by atoms with E-state index < -0.39 is 35.4 Å². The molecule has 1 fully saturated rings. The van der Waals surface area contributed by atoms with E-state index in [2.05, 4.69) is 80.7 Å². The Morgan fingerprint density at radius 1 is 0.782 bits per heavy atom. The molecule has 19 nitrogen and oxygen atoms in total. The summed E-state index contributed by atoms with van der Waals surface area (Å²) >= 11 is 0. The molecule has 7 rings (SSSR count). The maximum absolute atomic E-state index is 14.0. The fourth-order valence-corrected chi connectivity index (χ4v) is 10.9. The lowest BCUT2D eigenvalue weighted by molar-refractivity contribution is -0.144. The number of allylic oxidation sites excluding steroid dienone is 3. The number of likely N-dealkylation sites (tertiary alicyclic amines) is 1. The number of aliphatic hydroxyl groups is 1. The number of hydrogen-bond acceptors (Lipinski definition) is 15. The van der Waals surface area contributed by atoms with Gasteiger partial charge in [-0.2, -0.15) is 0 Å². The van der Waals surface area contributed by atoms with Crippen LogP contribution in [-0.4, -0.2) is 165 Å². The molecule has 1 saturated heterocycles. The first-order valence-corrected chi connectivity index (χ1v) is 27.8. The van der Waals surface area contributed by atoms with Crippen molar-refractivity contribution in [3.8, 4) is 0 Å². The van der Waals surface area contributed by atoms with Crippen LogP contribution in [0, 0.1) is 25.2 Å². The second kappa shape index (κ2) is 29.1. The Morgan fingerprint density at radius 3 is 2.00 bits per heavy atom. The number of nitrogens with zero attached hydrogens (tertiary/aromatic N) is 5. The molecule has 1 aliphatic carbocycles. The highest BCUT2D eigenvalue weighted by Gasteiger charge is 2.46. The van der Waals surface area contributed by atoms with E-state index in [1.165, 1.54) is 32.7 Å². The fourth-order valence-electron chi connectivity index (χ4n) is 10.9. The molecule has 3 aliphatic heterocycles. The van der Waals surface area contributed by atoms with Gasteiger partial charge in [0, 0.05) is 68.7 Å². The van der Waals surface area contributed by atoms with Crippen LogP contribution in [-0.2, 0) is 54.0 Å². The third-order valence-electron chi connectivity index (χ3n) is 15.2. The van der Waals surface area contributed by atoms with E-state index in [0.29, 0.717) is 72.4 Å². The molecule has 2 aromatic carbocycles. The maximum Gasteiger partial charge on any atom is 0.246 e. The molecule has 0 saturated carbocycles. The Labute approximate surface area is 460 Å². The molecule has 0 spiro atoms. The molecular weight excluding hydrogens is 997 g/mol. The van der Waals surface area contributed by atoms with Gasteiger partial charge in [-0.3, -0.25) is 29.5 Å². The van der Waals surface area contributed by atoms with Crippen LogP contribution in [0.15, 0.2) is 70.4 Å². The lowest BCUT2D eigenvalue weighted by Crippen LogP contribution is -2.57. The van der Waals surface area contributed by atoms with Crippen molar-refractivity contribution in [1.82, 2.24) is 35.6 Å². The molecule has 4 aliphatic rings. The van der Waals surface area contributed by atoms with Crippen LogP contribution in [0.1, 0.15) is 126 Å². The van der Waals surface area contributed by atoms with Gasteiger partial charge in [-0.1, -0.05) is 86.0 Å². The first-order chi connectivity index (χ1) is 37.5. The SMILES string of the molecule is CC1=C(C)C2C(c3ccc(C)cc3)NC(CC(=O)NCCOCCOCCOCCOCCOCCOCC(=O)NC(C(=O)N3CC(O)CC3C(=O)CCc3ccc(C4=C(C)N=CC4)cc3)C(C)(C)C)c3nnc(C)n3C2C1. The van der Waals surface area contributed by atoms with Gasteiger partial charge >= 0.3 is 0 Å². The summed E-state index contributed by atoms with van der Waals surface area (Å²) in [7, 11) is 0. The van der Waals surface area contributed by atoms with E-state index >= 15 is 0 Å². The normalized spacial score (nSPS) is 21.5. The van der Waals surface area contributed by atoms with E-state index in [0.717, 1.165) is 41.3 Å². The zero-order valence-electron chi connectivity index (χ0n) is 47.1. The van der Waals surface area contributed by atoms with Crippen LogP contribution in [0.4, 0.5) is 0 Å². The second-order valence-electron chi connectivity index (χ2n) is 22.0. The van der Waals surface area contributed by atoms with Crippen LogP contribution in [0.25, 0.3) is 5.57 Å². The number of amides is 3. The molecular formula is C59H84N8O11. The van der Waals surface area contributed by atoms with Crippen LogP contribution < -0.4 is 16.0 Å². The average molecular weight is 1080 g/mol. The van der Waals surface area contributed by atoms with Gasteiger partial charge in [-0.25, -0.2) is 0 Å². The van der Waals surface area contributed by atoms with Crippen LogP contribution in [0.5, 0.6) is 0 Å². The number of Topliss-reactive ketones (excluding diaryl/α,β-unsaturated/α-hetero) is 1. The molecule has 78 heavy (non-hydrogen) atoms. The standard InChI is InChI=1S/C59H84N8O11/c1-38-9-14-45(15-10-38)55-54-40(3)39(2)33-50(54)67-42(5)64-65-57(67)48(62-55)35-52(70)61-21-22-73-23-24-74-25-26-75-27-28-76-29-30-77-31-32-78-37-53(71)63-56(59(6,7)8)58(72)66-36-46(68)34-49(66)51(69)18-13-43-11-16-44(17-12-43)47-19-20-60-41(47)4/h9-12,14-17,20,46,48-50,54-56,62,68H,13,18-19,21-37H2,1-8H3,(H,61,70)(H,63,71). The lowest BCUT2D eigenvalue weighted by atomic mass is 9.85. The molecule has 3 amide bonds. The van der Waals surface area contributed by atoms with Crippen molar-refractivity contribution in [2.24, 2.45) is 16.3 Å². The molecule has 0 radical (unpaired) electrons. The number of fused-ring (bicyclic) bond motifs is 3. The van der Waals surface area contributed by atoms with Crippen molar-refractivity contribution >= 4 is 35.3 Å². The summed E-state index contributed by atoms with van der Waals surface area (Å²) < 4.78 is 35.9. The van der Waals surface area contributed by atoms with Gasteiger partial charge in [0.15, 0.2) is 11.6 Å². The third kappa shape index (κ3) is 16.5. The number of aryl methyl sites for hydroxylation is 3. The second-order valence-corrected chi connectivity index (χ2v) is 22.0. The number of nitrogens with one attached hydrogen (secondary N) is 3. The van der Waals surface area contributed by atoms with Crippen LogP contribution in [0.2, 0.25) is 0 Å². The molecule has 4 heterocycles. The average Bonchev–Trinajstić information content (AvgIpc) is 4.26. The third-order valence-corrected chi connectivity index (χ3v) is 15.2. The van der Waals surface area contributed by atoms with E-state index in [-0.39, 0.29) is 81.4 Å². The predicted molar refractivity (Wildman–Crippen MR) is 296 cm³/mol. The summed E-state index contributed by atoms with van der Waals surface area (Å²) in [6.45, 7) is 20.0. The minimum absolute atomic E-state index is 0.0221. The fraction of sp³-hybridized carbons (Fsp3) is 0.610. The number of ether oxygens (including phenoxy) is 6. The molecule has 4 N–H and O–H groups in total. The number of carbonyl (C=O) groups excluding carboxylic acids is 4. The summed E-state index contributed by atoms with van der Waals surface area (Å²) in [6, 6.07) is 15.0. The molecule has 3 aromatic rings. The highest BCUT2D eigenvalue weighted by atomic mass is 16.6. The van der Waals surface area contributed by atoms with E-state index in [9.17, 15) is 24.3 Å². The van der Waals surface area contributed by atoms with Crippen molar-refractivity contribution in [3.63, 3.8) is 0 Å². The van der Waals surface area contributed by atoms with E-state index in [1.54, 1.807) is 0 Å². The van der Waals surface area contributed by atoms with Crippen molar-refractivity contribution in [1.29, 1.82) is 0 Å². The Hall–Kier alpha value is -5.51. The number of aliphatic imine (C=N–C) groups is 1. The van der Waals surface area contributed by atoms with Crippen LogP contribution in [0.3, 0.4) is 0 Å². The maximum atomic E-state index is 14.0. The zero-order valence-corrected chi connectivity index (χ0v) is 47.1. The van der Waals surface area contributed by atoms with Gasteiger partial charge in [0.1, 0.15) is 18.5 Å². The predicted octanol–water partition coefficient (Wildman–Crippen LogP) is 5.68. The topological polar surface area (TPSA) is 226 Å². The van der Waals surface area contributed by atoms with Gasteiger partial charge in [-0.05, 0) is 75.1 Å². The quantitative estimate of drug-likeness (QED) is 0.0466. The number of benzene rings is 2. The van der Waals surface area contributed by atoms with Crippen molar-refractivity contribution in [3.05, 3.63) is 99.3 Å². The minimum Gasteiger partial charge on any atom is -0.391 e. The van der Waals surface area contributed by atoms with Gasteiger partial charge in [0.05, 0.1) is 90.9 Å². The monoisotopic (exact) mass is 1080 g/mol. The highest BCUT2D eigenvalue weighted by molar-refractivity contribution is 5.94. The lowest BCUT2D eigenvalue weighted by Gasteiger charge is -2.35. The van der Waals surface area contributed by atoms with Crippen LogP contribution >= 0.6 is 0 Å². The Bertz CT molecular complexity index is 2570. The summed E-state index contributed by atoms with van der Waals surface area (Å²) in [5.41, 5.74) is 8.85. The van der Waals surface area contributed by atoms with Crippen molar-refractivity contribution in [2.75, 3.05) is 92.4 Å². The van der Waals surface area contributed by atoms with Gasteiger partial charge in [0.2, 0.25) is 17.7 Å². The van der Waals surface area contributed by atoms with E-state index in [1.807, 2.05) is 65.1 Å². The van der Waals surface area contributed by atoms with Crippen molar-refractivity contribution in [2.45, 2.75) is 130 Å². The highest BCUT2D eigenvalue weighted by Crippen LogP contribution is 2.50. The Morgan fingerprint density at radius 2 is 1.40 bits per heavy atom. The number of aliphatic hydroxyl groups excluding tert-OH is 1. The van der Waals surface area contributed by atoms with Gasteiger partial charge < -0.3 is 53.6 Å². The molecule has 426 valence electrons. The summed E-state index contributed by atoms with van der Waals surface area (Å²) in [4.78, 5) is 59.6. The van der Waals surface area contributed by atoms with Gasteiger partial charge in [-0.15, -0.1) is 10.2 Å². The molecule has 7 atom stereocenters. The smallest absolute Gasteiger partial charge is 0.246 e. The number of ketones is 1. The summed E-state index contributed by atoms with van der Waals surface area (Å²) in [6.07, 6.45) is 3.94.